The van der Waals surface area contributed by atoms with Crippen LogP contribution >= 0.6 is 0 Å². The summed E-state index contributed by atoms with van der Waals surface area (Å²) in [5, 5.41) is 14.4. The van der Waals surface area contributed by atoms with Crippen LogP contribution in [0.2, 0.25) is 0 Å². The topological polar surface area (TPSA) is 90.2 Å². The number of rotatable bonds is 4. The smallest absolute Gasteiger partial charge is 0.271 e. The van der Waals surface area contributed by atoms with Gasteiger partial charge in [-0.2, -0.15) is 13.5 Å². The molecule has 1 aliphatic heterocycles. The zero-order valence-electron chi connectivity index (χ0n) is 11.3. The lowest BCUT2D eigenvalue weighted by Gasteiger charge is -2.24. The van der Waals surface area contributed by atoms with Crippen molar-refractivity contribution in [2.75, 3.05) is 11.6 Å². The highest BCUT2D eigenvalue weighted by Gasteiger charge is 2.41. The van der Waals surface area contributed by atoms with Gasteiger partial charge in [-0.1, -0.05) is 18.2 Å². The molecule has 1 heterocycles. The lowest BCUT2D eigenvalue weighted by Crippen LogP contribution is -2.43. The Bertz CT molecular complexity index is 598. The third-order valence-electron chi connectivity index (χ3n) is 3.45. The van der Waals surface area contributed by atoms with E-state index in [2.05, 4.69) is 5.10 Å². The third-order valence-corrected chi connectivity index (χ3v) is 4.87. The number of hydrogen-bond donors (Lipinski definition) is 2. The number of anilines is 1. The minimum absolute atomic E-state index is 0.311. The van der Waals surface area contributed by atoms with E-state index in [1.807, 2.05) is 30.3 Å². The van der Waals surface area contributed by atoms with Crippen LogP contribution in [-0.4, -0.2) is 41.7 Å². The molecule has 0 radical (unpaired) electrons. The molecule has 0 spiro atoms. The molecule has 1 aliphatic rings. The van der Waals surface area contributed by atoms with Crippen LogP contribution in [0.4, 0.5) is 5.69 Å². The summed E-state index contributed by atoms with van der Waals surface area (Å²) in [5.41, 5.74) is 1.42. The first kappa shape index (κ1) is 15.0. The van der Waals surface area contributed by atoms with E-state index in [0.29, 0.717) is 12.3 Å². The number of benzene rings is 1. The number of hydrogen-bond acceptors (Lipinski definition) is 5. The van der Waals surface area contributed by atoms with Gasteiger partial charge in [0.2, 0.25) is 0 Å². The molecule has 2 rings (SSSR count). The Morgan fingerprint density at radius 2 is 1.95 bits per heavy atom. The van der Waals surface area contributed by atoms with Crippen LogP contribution in [-0.2, 0) is 10.1 Å². The number of hydrazone groups is 1. The second-order valence-electron chi connectivity index (χ2n) is 4.99. The van der Waals surface area contributed by atoms with Crippen LogP contribution in [0.15, 0.2) is 35.4 Å². The molecule has 1 aromatic carbocycles. The Kier molecular flexibility index (Phi) is 4.12. The minimum atomic E-state index is -4.34. The van der Waals surface area contributed by atoms with E-state index in [-0.39, 0.29) is 0 Å². The first-order chi connectivity index (χ1) is 9.30. The molecule has 0 bridgehead atoms. The number of aliphatic hydroxyl groups excluding tert-OH is 1. The molecule has 0 saturated heterocycles. The fourth-order valence-corrected chi connectivity index (χ4v) is 3.72. The Hall–Kier alpha value is -1.44. The highest BCUT2D eigenvalue weighted by atomic mass is 32.2. The zero-order chi connectivity index (χ0) is 14.9. The second-order valence-corrected chi connectivity index (χ2v) is 6.56. The molecule has 1 aromatic rings. The van der Waals surface area contributed by atoms with Gasteiger partial charge in [0, 0.05) is 11.6 Å². The summed E-state index contributed by atoms with van der Waals surface area (Å²) in [4.78, 5) is 0. The van der Waals surface area contributed by atoms with E-state index < -0.39 is 27.4 Å². The molecule has 0 saturated carbocycles. The average Bonchev–Trinajstić information content (AvgIpc) is 2.70. The molecule has 20 heavy (non-hydrogen) atoms. The normalized spacial score (nSPS) is 22.5. The molecule has 110 valence electrons. The van der Waals surface area contributed by atoms with Crippen molar-refractivity contribution in [1.82, 2.24) is 0 Å². The molecular formula is C13H18N2O4S. The van der Waals surface area contributed by atoms with Crippen molar-refractivity contribution < 1.29 is 18.1 Å². The highest BCUT2D eigenvalue weighted by Crippen LogP contribution is 2.28. The molecule has 0 aliphatic carbocycles. The molecular weight excluding hydrogens is 280 g/mol. The van der Waals surface area contributed by atoms with E-state index in [1.165, 1.54) is 6.92 Å². The molecule has 0 fully saturated rings. The molecule has 3 atom stereocenters. The van der Waals surface area contributed by atoms with Crippen molar-refractivity contribution in [3.63, 3.8) is 0 Å². The van der Waals surface area contributed by atoms with Gasteiger partial charge in [0.1, 0.15) is 5.25 Å². The average molecular weight is 298 g/mol. The summed E-state index contributed by atoms with van der Waals surface area (Å²) >= 11 is 0. The standard InChI is InChI=1S/C13H18N2O4S/c1-9-12(13(10(2)16)20(17,18)19)8-15(14-9)11-6-4-3-5-7-11/h3-7,10,12-13,16H,8H2,1-2H3,(H,17,18,19)/t10-,12?,13+/m1/s1. The van der Waals surface area contributed by atoms with Crippen LogP contribution in [0, 0.1) is 5.92 Å². The van der Waals surface area contributed by atoms with Crippen LogP contribution < -0.4 is 5.01 Å². The van der Waals surface area contributed by atoms with Crippen molar-refractivity contribution in [2.24, 2.45) is 11.0 Å². The van der Waals surface area contributed by atoms with Gasteiger partial charge < -0.3 is 5.11 Å². The van der Waals surface area contributed by atoms with Crippen LogP contribution in [0.3, 0.4) is 0 Å². The van der Waals surface area contributed by atoms with Crippen molar-refractivity contribution in [3.05, 3.63) is 30.3 Å². The van der Waals surface area contributed by atoms with E-state index >= 15 is 0 Å². The molecule has 0 aromatic heterocycles. The van der Waals surface area contributed by atoms with Gasteiger partial charge in [0.15, 0.2) is 0 Å². The summed E-state index contributed by atoms with van der Waals surface area (Å²) < 4.78 is 32.3. The number of nitrogens with zero attached hydrogens (tertiary/aromatic N) is 2. The maximum absolute atomic E-state index is 11.5. The third kappa shape index (κ3) is 3.00. The second kappa shape index (κ2) is 5.51. The van der Waals surface area contributed by atoms with Crippen molar-refractivity contribution in [2.45, 2.75) is 25.2 Å². The van der Waals surface area contributed by atoms with E-state index in [1.54, 1.807) is 11.9 Å². The van der Waals surface area contributed by atoms with Gasteiger partial charge in [-0.3, -0.25) is 9.56 Å². The molecule has 0 amide bonds. The quantitative estimate of drug-likeness (QED) is 0.813. The summed E-state index contributed by atoms with van der Waals surface area (Å²) in [5.74, 6) is -0.537. The minimum Gasteiger partial charge on any atom is -0.392 e. The van der Waals surface area contributed by atoms with Crippen LogP contribution in [0.1, 0.15) is 13.8 Å². The van der Waals surface area contributed by atoms with Crippen molar-refractivity contribution in [3.8, 4) is 0 Å². The van der Waals surface area contributed by atoms with Gasteiger partial charge in [0.05, 0.1) is 18.3 Å². The summed E-state index contributed by atoms with van der Waals surface area (Å²) in [6, 6.07) is 9.34. The van der Waals surface area contributed by atoms with Crippen LogP contribution in [0.25, 0.3) is 0 Å². The largest absolute Gasteiger partial charge is 0.392 e. The Balaban J connectivity index is 2.27. The predicted octanol–water partition coefficient (Wildman–Crippen LogP) is 1.14. The lowest BCUT2D eigenvalue weighted by molar-refractivity contribution is 0.173. The Morgan fingerprint density at radius 3 is 2.45 bits per heavy atom. The fraction of sp³-hybridized carbons (Fsp3) is 0.462. The first-order valence-electron chi connectivity index (χ1n) is 6.32. The fourth-order valence-electron chi connectivity index (χ4n) is 2.52. The maximum atomic E-state index is 11.5. The monoisotopic (exact) mass is 298 g/mol. The lowest BCUT2D eigenvalue weighted by atomic mass is 9.97. The van der Waals surface area contributed by atoms with Gasteiger partial charge >= 0.3 is 0 Å². The predicted molar refractivity (Wildman–Crippen MR) is 77.4 cm³/mol. The van der Waals surface area contributed by atoms with Crippen LogP contribution in [0.5, 0.6) is 0 Å². The number of para-hydroxylation sites is 1. The molecule has 6 nitrogen and oxygen atoms in total. The zero-order valence-corrected chi connectivity index (χ0v) is 12.2. The Labute approximate surface area is 118 Å². The highest BCUT2D eigenvalue weighted by molar-refractivity contribution is 7.86. The van der Waals surface area contributed by atoms with E-state index in [4.69, 9.17) is 0 Å². The molecule has 7 heteroatoms. The van der Waals surface area contributed by atoms with Gasteiger partial charge in [-0.25, -0.2) is 0 Å². The van der Waals surface area contributed by atoms with Gasteiger partial charge in [-0.15, -0.1) is 0 Å². The van der Waals surface area contributed by atoms with E-state index in [9.17, 15) is 18.1 Å². The summed E-state index contributed by atoms with van der Waals surface area (Å²) in [6.07, 6.45) is -1.17. The van der Waals surface area contributed by atoms with Gasteiger partial charge in [-0.05, 0) is 26.0 Å². The first-order valence-corrected chi connectivity index (χ1v) is 7.83. The summed E-state index contributed by atoms with van der Waals surface area (Å²) in [6.45, 7) is 3.37. The SMILES string of the molecule is CC1=NN(c2ccccc2)CC1[C@H]([C@@H](C)O)S(=O)(=O)O. The summed E-state index contributed by atoms with van der Waals surface area (Å²) in [7, 11) is -4.34. The maximum Gasteiger partial charge on any atom is 0.271 e. The molecule has 2 N–H and O–H groups in total. The van der Waals surface area contributed by atoms with Crippen molar-refractivity contribution in [1.29, 1.82) is 0 Å². The Morgan fingerprint density at radius 1 is 1.35 bits per heavy atom. The van der Waals surface area contributed by atoms with E-state index in [0.717, 1.165) is 5.69 Å². The van der Waals surface area contributed by atoms with Crippen molar-refractivity contribution >= 4 is 21.5 Å². The number of aliphatic hydroxyl groups is 1. The molecule has 1 unspecified atom stereocenters. The van der Waals surface area contributed by atoms with Gasteiger partial charge in [0.25, 0.3) is 10.1 Å².